The van der Waals surface area contributed by atoms with E-state index < -0.39 is 22.3 Å². The fraction of sp³-hybridized carbons (Fsp3) is 0.200. The molecule has 0 aliphatic heterocycles. The van der Waals surface area contributed by atoms with Crippen LogP contribution in [0.25, 0.3) is 5.76 Å². The Hall–Kier alpha value is -3.56. The summed E-state index contributed by atoms with van der Waals surface area (Å²) in [4.78, 5) is 22.4. The summed E-state index contributed by atoms with van der Waals surface area (Å²) in [7, 11) is 0. The summed E-state index contributed by atoms with van der Waals surface area (Å²) in [5, 5.41) is 32.1. The molecule has 0 atom stereocenters. The van der Waals surface area contributed by atoms with E-state index in [2.05, 4.69) is 15.4 Å². The molecule has 2 rings (SSSR count). The van der Waals surface area contributed by atoms with Crippen molar-refractivity contribution in [3.8, 4) is 0 Å². The van der Waals surface area contributed by atoms with E-state index in [0.29, 0.717) is 5.76 Å². The van der Waals surface area contributed by atoms with E-state index in [1.807, 2.05) is 0 Å². The summed E-state index contributed by atoms with van der Waals surface area (Å²) in [5.74, 6) is -1.17. The molecule has 0 aliphatic rings. The van der Waals surface area contributed by atoms with Gasteiger partial charge in [0.15, 0.2) is 17.1 Å². The van der Waals surface area contributed by atoms with Crippen LogP contribution < -0.4 is 0 Å². The molecule has 1 N–H and O–H groups in total. The van der Waals surface area contributed by atoms with Crippen LogP contribution in [-0.4, -0.2) is 27.8 Å². The van der Waals surface area contributed by atoms with Crippen molar-refractivity contribution in [2.45, 2.75) is 13.8 Å². The molecule has 1 aromatic carbocycles. The van der Waals surface area contributed by atoms with Crippen molar-refractivity contribution in [3.05, 3.63) is 57.6 Å². The molecule has 0 radical (unpaired) electrons. The number of carbonyl (C=O) groups is 1. The molecular formula is C15H14N4O6. The number of aryl methyl sites for hydroxylation is 1. The van der Waals surface area contributed by atoms with Crippen LogP contribution in [0, 0.1) is 17.0 Å². The predicted molar refractivity (Wildman–Crippen MR) is 85.0 cm³/mol. The lowest BCUT2D eigenvalue weighted by Gasteiger charge is -2.03. The smallest absolute Gasteiger partial charge is 0.362 e. The number of ether oxygens (including phenoxy) is 1. The first kappa shape index (κ1) is 17.8. The molecule has 25 heavy (non-hydrogen) atoms. The molecule has 0 amide bonds. The van der Waals surface area contributed by atoms with Crippen molar-refractivity contribution < 1.29 is 24.1 Å². The lowest BCUT2D eigenvalue weighted by Crippen LogP contribution is -2.08. The summed E-state index contributed by atoms with van der Waals surface area (Å²) in [6, 6.07) is 6.96. The van der Waals surface area contributed by atoms with Gasteiger partial charge in [0.05, 0.1) is 11.5 Å². The number of nitro groups is 1. The van der Waals surface area contributed by atoms with Crippen LogP contribution in [0.1, 0.15) is 18.4 Å². The maximum absolute atomic E-state index is 12.0. The number of aliphatic hydroxyl groups is 1. The van der Waals surface area contributed by atoms with E-state index >= 15 is 0 Å². The highest BCUT2D eigenvalue weighted by molar-refractivity contribution is 5.95. The monoisotopic (exact) mass is 346 g/mol. The molecule has 10 nitrogen and oxygen atoms in total. The third-order valence-electron chi connectivity index (χ3n) is 2.90. The van der Waals surface area contributed by atoms with Crippen molar-refractivity contribution in [1.29, 1.82) is 0 Å². The van der Waals surface area contributed by atoms with Gasteiger partial charge in [-0.3, -0.25) is 10.1 Å². The predicted octanol–water partition coefficient (Wildman–Crippen LogP) is 3.46. The van der Waals surface area contributed by atoms with Crippen LogP contribution >= 0.6 is 0 Å². The van der Waals surface area contributed by atoms with E-state index in [1.54, 1.807) is 13.8 Å². The van der Waals surface area contributed by atoms with Crippen LogP contribution in [0.15, 0.2) is 50.8 Å². The number of hydrogen-bond donors (Lipinski definition) is 1. The minimum atomic E-state index is -0.956. The summed E-state index contributed by atoms with van der Waals surface area (Å²) >= 11 is 0. The number of aromatic nitrogens is 1. The number of carbonyl (C=O) groups excluding carboxylic acids is 1. The van der Waals surface area contributed by atoms with Gasteiger partial charge in [0.1, 0.15) is 5.76 Å². The quantitative estimate of drug-likeness (QED) is 0.211. The third kappa shape index (κ3) is 4.25. The van der Waals surface area contributed by atoms with Crippen LogP contribution in [0.3, 0.4) is 0 Å². The number of azo groups is 1. The Kier molecular flexibility index (Phi) is 5.56. The van der Waals surface area contributed by atoms with E-state index in [1.165, 1.54) is 30.3 Å². The van der Waals surface area contributed by atoms with Crippen LogP contribution in [0.4, 0.5) is 11.4 Å². The van der Waals surface area contributed by atoms with Gasteiger partial charge < -0.3 is 14.4 Å². The normalized spacial score (nSPS) is 12.1. The standard InChI is InChI=1S/C15H14N4O6/c1-3-24-15(21)13(14(20)11-8-9(2)25-18-11)17-16-10-6-4-5-7-12(10)19(22)23/h4-8,20H,3H2,1-2H3/b14-13-,17-16?. The molecule has 1 aromatic heterocycles. The molecule has 0 saturated heterocycles. The molecule has 0 spiro atoms. The minimum Gasteiger partial charge on any atom is -0.504 e. The zero-order valence-corrected chi connectivity index (χ0v) is 13.4. The number of nitrogens with zero attached hydrogens (tertiary/aromatic N) is 4. The van der Waals surface area contributed by atoms with Gasteiger partial charge in [0.2, 0.25) is 5.70 Å². The second kappa shape index (κ2) is 7.81. The summed E-state index contributed by atoms with van der Waals surface area (Å²) in [6.45, 7) is 3.21. The van der Waals surface area contributed by atoms with E-state index in [4.69, 9.17) is 9.26 Å². The first-order chi connectivity index (χ1) is 11.9. The molecule has 130 valence electrons. The van der Waals surface area contributed by atoms with Crippen molar-refractivity contribution in [1.82, 2.24) is 5.16 Å². The maximum Gasteiger partial charge on any atom is 0.362 e. The first-order valence-electron chi connectivity index (χ1n) is 7.13. The number of nitro benzene ring substituents is 1. The fourth-order valence-corrected chi connectivity index (χ4v) is 1.79. The highest BCUT2D eigenvalue weighted by Gasteiger charge is 2.21. The number of aliphatic hydroxyl groups excluding tert-OH is 1. The Bertz CT molecular complexity index is 855. The maximum atomic E-state index is 12.0. The van der Waals surface area contributed by atoms with Crippen LogP contribution in [0.2, 0.25) is 0 Å². The van der Waals surface area contributed by atoms with Gasteiger partial charge in [0, 0.05) is 12.1 Å². The van der Waals surface area contributed by atoms with E-state index in [-0.39, 0.29) is 23.7 Å². The zero-order valence-electron chi connectivity index (χ0n) is 13.4. The van der Waals surface area contributed by atoms with Gasteiger partial charge >= 0.3 is 5.97 Å². The SMILES string of the molecule is CCOC(=O)/C(N=Nc1ccccc1[N+](=O)[O-])=C(/O)c1cc(C)on1. The van der Waals surface area contributed by atoms with Crippen molar-refractivity contribution >= 4 is 23.1 Å². The zero-order chi connectivity index (χ0) is 18.4. The van der Waals surface area contributed by atoms with E-state index in [0.717, 1.165) is 0 Å². The highest BCUT2D eigenvalue weighted by atomic mass is 16.6. The van der Waals surface area contributed by atoms with Gasteiger partial charge in [-0.05, 0) is 19.9 Å². The lowest BCUT2D eigenvalue weighted by atomic mass is 10.2. The number of para-hydroxylation sites is 1. The number of esters is 1. The highest BCUT2D eigenvalue weighted by Crippen LogP contribution is 2.28. The first-order valence-corrected chi connectivity index (χ1v) is 7.13. The van der Waals surface area contributed by atoms with Gasteiger partial charge in [-0.25, -0.2) is 4.79 Å². The topological polar surface area (TPSA) is 140 Å². The lowest BCUT2D eigenvalue weighted by molar-refractivity contribution is -0.384. The van der Waals surface area contributed by atoms with E-state index in [9.17, 15) is 20.0 Å². The van der Waals surface area contributed by atoms with Crippen LogP contribution in [0.5, 0.6) is 0 Å². The fourth-order valence-electron chi connectivity index (χ4n) is 1.79. The van der Waals surface area contributed by atoms with Gasteiger partial charge in [-0.1, -0.05) is 17.3 Å². The molecule has 10 heteroatoms. The van der Waals surface area contributed by atoms with Crippen molar-refractivity contribution in [3.63, 3.8) is 0 Å². The Morgan fingerprint density at radius 2 is 2.16 bits per heavy atom. The molecule has 0 bridgehead atoms. The summed E-state index contributed by atoms with van der Waals surface area (Å²) < 4.78 is 9.65. The molecule has 0 aliphatic carbocycles. The van der Waals surface area contributed by atoms with Crippen molar-refractivity contribution in [2.75, 3.05) is 6.61 Å². The number of rotatable bonds is 6. The number of hydrogen-bond acceptors (Lipinski definition) is 9. The summed E-state index contributed by atoms with van der Waals surface area (Å²) in [6.07, 6.45) is 0. The average Bonchev–Trinajstić information content (AvgIpc) is 3.02. The Labute approximate surface area is 141 Å². The molecule has 1 heterocycles. The molecule has 0 fully saturated rings. The third-order valence-corrected chi connectivity index (χ3v) is 2.90. The van der Waals surface area contributed by atoms with Gasteiger partial charge in [-0.2, -0.15) is 0 Å². The Balaban J connectivity index is 2.47. The largest absolute Gasteiger partial charge is 0.504 e. The van der Waals surface area contributed by atoms with Crippen molar-refractivity contribution in [2.24, 2.45) is 10.2 Å². The van der Waals surface area contributed by atoms with Gasteiger partial charge in [-0.15, -0.1) is 10.2 Å². The molecule has 0 saturated carbocycles. The van der Waals surface area contributed by atoms with Gasteiger partial charge in [0.25, 0.3) is 5.69 Å². The minimum absolute atomic E-state index is 0.0362. The molecule has 2 aromatic rings. The second-order valence-corrected chi connectivity index (χ2v) is 4.69. The second-order valence-electron chi connectivity index (χ2n) is 4.69. The summed E-state index contributed by atoms with van der Waals surface area (Å²) in [5.41, 5.74) is -0.972. The average molecular weight is 346 g/mol. The molecule has 0 unspecified atom stereocenters. The Morgan fingerprint density at radius 3 is 2.76 bits per heavy atom. The van der Waals surface area contributed by atoms with Crippen LogP contribution in [-0.2, 0) is 9.53 Å². The Morgan fingerprint density at radius 1 is 1.44 bits per heavy atom. The molecular weight excluding hydrogens is 332 g/mol. The number of benzene rings is 1.